The Balaban J connectivity index is 0.00000341. The molecule has 1 aromatic heterocycles. The minimum atomic E-state index is -3.52. The zero-order valence-electron chi connectivity index (χ0n) is 18.2. The van der Waals surface area contributed by atoms with E-state index >= 15 is 0 Å². The molecular formula is C21H32IN5O2S2. The highest BCUT2D eigenvalue weighted by Gasteiger charge is 2.29. The molecule has 0 aliphatic carbocycles. The normalized spacial score (nSPS) is 17.1. The van der Waals surface area contributed by atoms with E-state index in [0.717, 1.165) is 25.2 Å². The molecule has 1 fully saturated rings. The Bertz CT molecular complexity index is 942. The summed E-state index contributed by atoms with van der Waals surface area (Å²) >= 11 is 1.69. The van der Waals surface area contributed by atoms with E-state index < -0.39 is 10.0 Å². The molecule has 0 bridgehead atoms. The van der Waals surface area contributed by atoms with Gasteiger partial charge in [0.1, 0.15) is 0 Å². The summed E-state index contributed by atoms with van der Waals surface area (Å²) in [6, 6.07) is 9.33. The van der Waals surface area contributed by atoms with Crippen LogP contribution in [-0.2, 0) is 16.6 Å². The molecule has 7 nitrogen and oxygen atoms in total. The minimum absolute atomic E-state index is 0. The summed E-state index contributed by atoms with van der Waals surface area (Å²) in [6.45, 7) is 5.83. The average Bonchev–Trinajstić information content (AvgIpc) is 3.29. The summed E-state index contributed by atoms with van der Waals surface area (Å²) < 4.78 is 28.0. The predicted molar refractivity (Wildman–Crippen MR) is 139 cm³/mol. The topological polar surface area (TPSA) is 77.0 Å². The summed E-state index contributed by atoms with van der Waals surface area (Å²) in [7, 11) is 0.215. The van der Waals surface area contributed by atoms with E-state index in [-0.39, 0.29) is 24.0 Å². The molecule has 0 amide bonds. The molecule has 0 spiro atoms. The van der Waals surface area contributed by atoms with Crippen LogP contribution in [0.2, 0.25) is 0 Å². The van der Waals surface area contributed by atoms with Crippen LogP contribution in [0.4, 0.5) is 0 Å². The molecule has 172 valence electrons. The van der Waals surface area contributed by atoms with Gasteiger partial charge in [0.25, 0.3) is 0 Å². The van der Waals surface area contributed by atoms with Crippen LogP contribution in [0, 0.1) is 0 Å². The lowest BCUT2D eigenvalue weighted by Gasteiger charge is -2.32. The Kier molecular flexibility index (Phi) is 10.2. The molecule has 2 heterocycles. The van der Waals surface area contributed by atoms with Crippen LogP contribution in [0.3, 0.4) is 0 Å². The first-order chi connectivity index (χ1) is 14.4. The van der Waals surface area contributed by atoms with Crippen molar-refractivity contribution in [1.82, 2.24) is 19.8 Å². The maximum absolute atomic E-state index is 13.2. The third-order valence-corrected chi connectivity index (χ3v) is 8.11. The van der Waals surface area contributed by atoms with Crippen LogP contribution in [0.25, 0.3) is 0 Å². The number of aliphatic imine (C=N–C) groups is 1. The van der Waals surface area contributed by atoms with Gasteiger partial charge in [-0.25, -0.2) is 8.42 Å². The van der Waals surface area contributed by atoms with E-state index in [9.17, 15) is 8.42 Å². The molecule has 2 aromatic rings. The Morgan fingerprint density at radius 3 is 2.52 bits per heavy atom. The number of halogens is 1. The fourth-order valence-corrected chi connectivity index (χ4v) is 5.82. The van der Waals surface area contributed by atoms with Crippen molar-refractivity contribution in [2.45, 2.75) is 24.3 Å². The van der Waals surface area contributed by atoms with Crippen molar-refractivity contribution in [3.63, 3.8) is 0 Å². The molecule has 1 aliphatic rings. The zero-order valence-corrected chi connectivity index (χ0v) is 22.2. The van der Waals surface area contributed by atoms with Crippen LogP contribution in [0.15, 0.2) is 51.0 Å². The summed E-state index contributed by atoms with van der Waals surface area (Å²) in [5.41, 5.74) is 2.04. The number of likely N-dealkylation sites (N-methyl/N-ethyl adjacent to an activating group) is 1. The highest BCUT2D eigenvalue weighted by atomic mass is 127. The Morgan fingerprint density at radius 1 is 1.16 bits per heavy atom. The van der Waals surface area contributed by atoms with Crippen molar-refractivity contribution in [2.24, 2.45) is 4.99 Å². The maximum atomic E-state index is 13.2. The highest BCUT2D eigenvalue weighted by Crippen LogP contribution is 2.21. The van der Waals surface area contributed by atoms with Gasteiger partial charge in [0.15, 0.2) is 5.96 Å². The van der Waals surface area contributed by atoms with Crippen LogP contribution in [0.1, 0.15) is 24.0 Å². The first kappa shape index (κ1) is 26.0. The van der Waals surface area contributed by atoms with Crippen molar-refractivity contribution in [2.75, 3.05) is 46.8 Å². The van der Waals surface area contributed by atoms with Gasteiger partial charge in [-0.1, -0.05) is 25.1 Å². The molecule has 0 radical (unpaired) electrons. The summed E-state index contributed by atoms with van der Waals surface area (Å²) in [5.74, 6) is 1.02. The van der Waals surface area contributed by atoms with E-state index in [0.29, 0.717) is 36.4 Å². The second-order valence-electron chi connectivity index (χ2n) is 7.58. The van der Waals surface area contributed by atoms with Gasteiger partial charge >= 0.3 is 0 Å². The zero-order chi connectivity index (χ0) is 21.6. The first-order valence-corrected chi connectivity index (χ1v) is 12.5. The third kappa shape index (κ3) is 6.88. The minimum Gasteiger partial charge on any atom is -0.356 e. The van der Waals surface area contributed by atoms with E-state index in [1.54, 1.807) is 34.8 Å². The lowest BCUT2D eigenvalue weighted by molar-refractivity contribution is 0.222. The van der Waals surface area contributed by atoms with E-state index in [4.69, 9.17) is 0 Å². The standard InChI is InChI=1S/C21H31N5O2S2.HI/c1-17(19-8-13-29-16-19)14-23-21(22-2)24-15-18-6-4-5-7-20(18)30(27,28)26-11-9-25(3)10-12-26;/h4-8,13,16-17H,9-12,14-15H2,1-3H3,(H2,22,23,24);1H. The maximum Gasteiger partial charge on any atom is 0.243 e. The summed E-state index contributed by atoms with van der Waals surface area (Å²) in [6.07, 6.45) is 0. The first-order valence-electron chi connectivity index (χ1n) is 10.1. The lowest BCUT2D eigenvalue weighted by Crippen LogP contribution is -2.47. The average molecular weight is 578 g/mol. The molecule has 10 heteroatoms. The van der Waals surface area contributed by atoms with Crippen LogP contribution in [0.5, 0.6) is 0 Å². The Labute approximate surface area is 207 Å². The van der Waals surface area contributed by atoms with Crippen molar-refractivity contribution in [1.29, 1.82) is 0 Å². The van der Waals surface area contributed by atoms with Gasteiger partial charge < -0.3 is 15.5 Å². The monoisotopic (exact) mass is 577 g/mol. The van der Waals surface area contributed by atoms with Crippen molar-refractivity contribution >= 4 is 51.3 Å². The van der Waals surface area contributed by atoms with Crippen molar-refractivity contribution < 1.29 is 8.42 Å². The lowest BCUT2D eigenvalue weighted by atomic mass is 10.1. The number of nitrogens with one attached hydrogen (secondary N) is 2. The molecular weight excluding hydrogens is 545 g/mol. The second-order valence-corrected chi connectivity index (χ2v) is 10.3. The molecule has 2 N–H and O–H groups in total. The smallest absolute Gasteiger partial charge is 0.243 e. The second kappa shape index (κ2) is 12.1. The van der Waals surface area contributed by atoms with Gasteiger partial charge in [-0.05, 0) is 47.0 Å². The largest absolute Gasteiger partial charge is 0.356 e. The fraction of sp³-hybridized carbons (Fsp3) is 0.476. The number of hydrogen-bond acceptors (Lipinski definition) is 5. The van der Waals surface area contributed by atoms with Gasteiger partial charge in [-0.15, -0.1) is 24.0 Å². The van der Waals surface area contributed by atoms with Crippen molar-refractivity contribution in [3.8, 4) is 0 Å². The molecule has 3 rings (SSSR count). The molecule has 1 aromatic carbocycles. The summed E-state index contributed by atoms with van der Waals surface area (Å²) in [4.78, 5) is 6.79. The SMILES string of the molecule is CN=C(NCc1ccccc1S(=O)(=O)N1CCN(C)CC1)NCC(C)c1ccsc1.I. The third-order valence-electron chi connectivity index (χ3n) is 5.41. The van der Waals surface area contributed by atoms with Crippen LogP contribution < -0.4 is 10.6 Å². The van der Waals surface area contributed by atoms with E-state index in [2.05, 4.69) is 44.3 Å². The molecule has 1 atom stereocenters. The predicted octanol–water partition coefficient (Wildman–Crippen LogP) is 2.77. The fourth-order valence-electron chi connectivity index (χ4n) is 3.39. The molecule has 1 aliphatic heterocycles. The van der Waals surface area contributed by atoms with Crippen LogP contribution in [-0.4, -0.2) is 70.4 Å². The van der Waals surface area contributed by atoms with Gasteiger partial charge in [0.2, 0.25) is 10.0 Å². The quantitative estimate of drug-likeness (QED) is 0.301. The number of guanidine groups is 1. The number of benzene rings is 1. The number of piperazine rings is 1. The Morgan fingerprint density at radius 2 is 1.87 bits per heavy atom. The van der Waals surface area contributed by atoms with Crippen LogP contribution >= 0.6 is 35.3 Å². The van der Waals surface area contributed by atoms with Gasteiger partial charge in [0.05, 0.1) is 4.90 Å². The number of rotatable bonds is 7. The van der Waals surface area contributed by atoms with E-state index in [1.165, 1.54) is 5.56 Å². The number of nitrogens with zero attached hydrogens (tertiary/aromatic N) is 3. The molecule has 31 heavy (non-hydrogen) atoms. The number of sulfonamides is 1. The highest BCUT2D eigenvalue weighted by molar-refractivity contribution is 14.0. The molecule has 0 saturated carbocycles. The van der Waals surface area contributed by atoms with Gasteiger partial charge in [-0.3, -0.25) is 4.99 Å². The summed E-state index contributed by atoms with van der Waals surface area (Å²) in [5, 5.41) is 10.8. The van der Waals surface area contributed by atoms with Gasteiger partial charge in [0, 0.05) is 46.3 Å². The van der Waals surface area contributed by atoms with Crippen molar-refractivity contribution in [3.05, 3.63) is 52.2 Å². The van der Waals surface area contributed by atoms with Gasteiger partial charge in [-0.2, -0.15) is 15.6 Å². The molecule has 1 unspecified atom stereocenters. The number of hydrogen-bond donors (Lipinski definition) is 2. The Hall–Kier alpha value is -1.21. The number of thiophene rings is 1. The molecule has 1 saturated heterocycles. The van der Waals surface area contributed by atoms with E-state index in [1.807, 2.05) is 19.2 Å².